The molecule has 0 radical (unpaired) electrons. The Morgan fingerprint density at radius 2 is 1.56 bits per heavy atom. The van der Waals surface area contributed by atoms with Gasteiger partial charge in [0.2, 0.25) is 5.95 Å². The lowest BCUT2D eigenvalue weighted by Gasteiger charge is -2.09. The molecular formula is C26H19N5O. The molecule has 0 aliphatic heterocycles. The molecule has 2 aromatic heterocycles. The zero-order valence-corrected chi connectivity index (χ0v) is 17.1. The predicted octanol–water partition coefficient (Wildman–Crippen LogP) is 5.69. The van der Waals surface area contributed by atoms with E-state index in [1.165, 1.54) is 0 Å². The number of nitrogens with zero attached hydrogens (tertiary/aromatic N) is 3. The molecule has 0 aliphatic rings. The number of benzene rings is 3. The zero-order chi connectivity index (χ0) is 21.8. The van der Waals surface area contributed by atoms with Crippen molar-refractivity contribution in [2.75, 3.05) is 10.6 Å². The fourth-order valence-electron chi connectivity index (χ4n) is 3.39. The van der Waals surface area contributed by atoms with Gasteiger partial charge in [-0.3, -0.25) is 9.78 Å². The van der Waals surface area contributed by atoms with Crippen LogP contribution in [0.1, 0.15) is 10.4 Å². The molecule has 1 amide bonds. The molecule has 5 rings (SSSR count). The van der Waals surface area contributed by atoms with Gasteiger partial charge in [-0.05, 0) is 65.4 Å². The average molecular weight is 417 g/mol. The molecule has 2 heterocycles. The lowest BCUT2D eigenvalue weighted by Crippen LogP contribution is -2.11. The Morgan fingerprint density at radius 3 is 2.38 bits per heavy atom. The monoisotopic (exact) mass is 417 g/mol. The van der Waals surface area contributed by atoms with Crippen molar-refractivity contribution in [2.24, 2.45) is 0 Å². The van der Waals surface area contributed by atoms with Crippen LogP contribution < -0.4 is 10.6 Å². The molecule has 0 saturated carbocycles. The molecule has 0 fully saturated rings. The highest BCUT2D eigenvalue weighted by atomic mass is 16.1. The van der Waals surface area contributed by atoms with Crippen molar-refractivity contribution in [3.8, 4) is 11.3 Å². The summed E-state index contributed by atoms with van der Waals surface area (Å²) in [6, 6.07) is 26.7. The first-order chi connectivity index (χ1) is 15.7. The summed E-state index contributed by atoms with van der Waals surface area (Å²) in [4.78, 5) is 25.6. The summed E-state index contributed by atoms with van der Waals surface area (Å²) in [7, 11) is 0. The molecule has 0 aliphatic carbocycles. The Kier molecular flexibility index (Phi) is 5.24. The van der Waals surface area contributed by atoms with Crippen LogP contribution in [0.5, 0.6) is 0 Å². The summed E-state index contributed by atoms with van der Waals surface area (Å²) in [6.07, 6.45) is 5.19. The second-order valence-electron chi connectivity index (χ2n) is 7.23. The molecule has 32 heavy (non-hydrogen) atoms. The number of anilines is 3. The SMILES string of the molecule is O=C(Nc1ccc(Nc2nccc(-c3cccnc3)n2)cc1)c1ccc2ccccc2c1. The van der Waals surface area contributed by atoms with Crippen molar-refractivity contribution in [2.45, 2.75) is 0 Å². The summed E-state index contributed by atoms with van der Waals surface area (Å²) in [5.41, 5.74) is 3.85. The van der Waals surface area contributed by atoms with Gasteiger partial charge in [-0.15, -0.1) is 0 Å². The fourth-order valence-corrected chi connectivity index (χ4v) is 3.39. The van der Waals surface area contributed by atoms with Gasteiger partial charge in [-0.25, -0.2) is 9.97 Å². The van der Waals surface area contributed by atoms with Crippen LogP contribution in [-0.2, 0) is 0 Å². The van der Waals surface area contributed by atoms with Gasteiger partial charge < -0.3 is 10.6 Å². The minimum Gasteiger partial charge on any atom is -0.324 e. The van der Waals surface area contributed by atoms with Crippen molar-refractivity contribution in [3.63, 3.8) is 0 Å². The highest BCUT2D eigenvalue weighted by molar-refractivity contribution is 6.06. The lowest BCUT2D eigenvalue weighted by atomic mass is 10.1. The molecule has 2 N–H and O–H groups in total. The van der Waals surface area contributed by atoms with Gasteiger partial charge >= 0.3 is 0 Å². The first kappa shape index (κ1) is 19.4. The molecule has 0 saturated heterocycles. The van der Waals surface area contributed by atoms with Crippen LogP contribution in [0.15, 0.2) is 104 Å². The minimum atomic E-state index is -0.149. The third-order valence-corrected chi connectivity index (χ3v) is 5.02. The van der Waals surface area contributed by atoms with Crippen LogP contribution >= 0.6 is 0 Å². The largest absolute Gasteiger partial charge is 0.324 e. The molecule has 154 valence electrons. The summed E-state index contributed by atoms with van der Waals surface area (Å²) >= 11 is 0. The molecule has 0 unspecified atom stereocenters. The maximum Gasteiger partial charge on any atom is 0.255 e. The summed E-state index contributed by atoms with van der Waals surface area (Å²) in [5, 5.41) is 8.27. The van der Waals surface area contributed by atoms with E-state index in [4.69, 9.17) is 0 Å². The van der Waals surface area contributed by atoms with E-state index < -0.39 is 0 Å². The highest BCUT2D eigenvalue weighted by Crippen LogP contribution is 2.21. The van der Waals surface area contributed by atoms with Crippen molar-refractivity contribution in [1.29, 1.82) is 0 Å². The van der Waals surface area contributed by atoms with Crippen LogP contribution in [-0.4, -0.2) is 20.9 Å². The molecular weight excluding hydrogens is 398 g/mol. The van der Waals surface area contributed by atoms with E-state index >= 15 is 0 Å². The Balaban J connectivity index is 1.27. The van der Waals surface area contributed by atoms with Gasteiger partial charge in [0.15, 0.2) is 0 Å². The lowest BCUT2D eigenvalue weighted by molar-refractivity contribution is 0.102. The van der Waals surface area contributed by atoms with E-state index in [1.54, 1.807) is 18.6 Å². The fraction of sp³-hybridized carbons (Fsp3) is 0. The second kappa shape index (κ2) is 8.65. The van der Waals surface area contributed by atoms with Crippen LogP contribution in [0.4, 0.5) is 17.3 Å². The normalized spacial score (nSPS) is 10.6. The number of pyridine rings is 1. The summed E-state index contributed by atoms with van der Waals surface area (Å²) in [6.45, 7) is 0. The molecule has 5 aromatic rings. The molecule has 3 aromatic carbocycles. The zero-order valence-electron chi connectivity index (χ0n) is 17.1. The topological polar surface area (TPSA) is 79.8 Å². The van der Waals surface area contributed by atoms with Crippen LogP contribution in [0.25, 0.3) is 22.0 Å². The van der Waals surface area contributed by atoms with E-state index in [0.717, 1.165) is 27.7 Å². The average Bonchev–Trinajstić information content (AvgIpc) is 2.85. The highest BCUT2D eigenvalue weighted by Gasteiger charge is 2.08. The van der Waals surface area contributed by atoms with Crippen molar-refractivity contribution >= 4 is 34.0 Å². The third kappa shape index (κ3) is 4.29. The Labute approximate surface area is 185 Å². The molecule has 0 bridgehead atoms. The number of amides is 1. The van der Waals surface area contributed by atoms with Gasteiger partial charge in [0.05, 0.1) is 5.69 Å². The van der Waals surface area contributed by atoms with Gasteiger partial charge in [-0.1, -0.05) is 30.3 Å². The maximum absolute atomic E-state index is 12.7. The number of fused-ring (bicyclic) bond motifs is 1. The predicted molar refractivity (Wildman–Crippen MR) is 127 cm³/mol. The van der Waals surface area contributed by atoms with E-state index in [2.05, 4.69) is 25.6 Å². The van der Waals surface area contributed by atoms with Crippen LogP contribution in [0.2, 0.25) is 0 Å². The number of nitrogens with one attached hydrogen (secondary N) is 2. The van der Waals surface area contributed by atoms with Crippen LogP contribution in [0, 0.1) is 0 Å². The van der Waals surface area contributed by atoms with Crippen molar-refractivity contribution in [1.82, 2.24) is 15.0 Å². The minimum absolute atomic E-state index is 0.149. The number of aromatic nitrogens is 3. The van der Waals surface area contributed by atoms with E-state index in [0.29, 0.717) is 17.2 Å². The van der Waals surface area contributed by atoms with Gasteiger partial charge in [0, 0.05) is 41.1 Å². The van der Waals surface area contributed by atoms with Gasteiger partial charge in [0.25, 0.3) is 5.91 Å². The summed E-state index contributed by atoms with van der Waals surface area (Å²) < 4.78 is 0. The Bertz CT molecular complexity index is 1380. The van der Waals surface area contributed by atoms with E-state index in [1.807, 2.05) is 84.9 Å². The third-order valence-electron chi connectivity index (χ3n) is 5.02. The standard InChI is InChI=1S/C26H19N5O/c32-25(20-8-7-18-4-1-2-5-19(18)16-20)29-22-9-11-23(12-10-22)30-26-28-15-13-24(31-26)21-6-3-14-27-17-21/h1-17H,(H,29,32)(H,28,30,31). The van der Waals surface area contributed by atoms with Gasteiger partial charge in [0.1, 0.15) is 0 Å². The number of carbonyl (C=O) groups is 1. The van der Waals surface area contributed by atoms with E-state index in [9.17, 15) is 4.79 Å². The Hall–Kier alpha value is -4.58. The van der Waals surface area contributed by atoms with E-state index in [-0.39, 0.29) is 5.91 Å². The quantitative estimate of drug-likeness (QED) is 0.384. The maximum atomic E-state index is 12.7. The molecule has 0 spiro atoms. The Morgan fingerprint density at radius 1 is 0.750 bits per heavy atom. The van der Waals surface area contributed by atoms with Crippen molar-refractivity contribution < 1.29 is 4.79 Å². The molecule has 0 atom stereocenters. The molecule has 6 heteroatoms. The van der Waals surface area contributed by atoms with Crippen molar-refractivity contribution in [3.05, 3.63) is 109 Å². The number of hydrogen-bond donors (Lipinski definition) is 2. The van der Waals surface area contributed by atoms with Crippen LogP contribution in [0.3, 0.4) is 0 Å². The first-order valence-corrected chi connectivity index (χ1v) is 10.2. The molecule has 6 nitrogen and oxygen atoms in total. The number of rotatable bonds is 5. The summed E-state index contributed by atoms with van der Waals surface area (Å²) in [5.74, 6) is 0.336. The number of carbonyl (C=O) groups excluding carboxylic acids is 1. The smallest absolute Gasteiger partial charge is 0.255 e. The number of hydrogen-bond acceptors (Lipinski definition) is 5. The first-order valence-electron chi connectivity index (χ1n) is 10.2. The second-order valence-corrected chi connectivity index (χ2v) is 7.23. The van der Waals surface area contributed by atoms with Gasteiger partial charge in [-0.2, -0.15) is 0 Å².